The second-order valence-electron chi connectivity index (χ2n) is 5.09. The molecule has 0 aliphatic carbocycles. The van der Waals surface area contributed by atoms with Gasteiger partial charge in [-0.1, -0.05) is 5.16 Å². The van der Waals surface area contributed by atoms with Crippen molar-refractivity contribution in [3.8, 4) is 0 Å². The molecule has 1 saturated heterocycles. The van der Waals surface area contributed by atoms with Gasteiger partial charge in [-0.3, -0.25) is 0 Å². The van der Waals surface area contributed by atoms with Crippen LogP contribution >= 0.6 is 11.3 Å². The molecule has 2 aromatic rings. The van der Waals surface area contributed by atoms with Gasteiger partial charge in [0.25, 0.3) is 0 Å². The number of nitrogens with zero attached hydrogens (tertiary/aromatic N) is 2. The van der Waals surface area contributed by atoms with Crippen LogP contribution in [0.15, 0.2) is 26.9 Å². The fourth-order valence-corrected chi connectivity index (χ4v) is 5.34. The quantitative estimate of drug-likeness (QED) is 0.915. The molecule has 2 aromatic heterocycles. The molecule has 0 radical (unpaired) electrons. The van der Waals surface area contributed by atoms with Crippen LogP contribution in [0, 0.1) is 6.92 Å². The van der Waals surface area contributed by atoms with E-state index >= 15 is 0 Å². The number of aromatic carboxylic acids is 1. The minimum Gasteiger partial charge on any atom is -0.477 e. The smallest absolute Gasteiger partial charge is 0.345 e. The van der Waals surface area contributed by atoms with E-state index in [1.165, 1.54) is 15.8 Å². The number of hydrogen-bond donors (Lipinski definition) is 1. The highest BCUT2D eigenvalue weighted by molar-refractivity contribution is 7.89. The molecule has 1 atom stereocenters. The summed E-state index contributed by atoms with van der Waals surface area (Å²) in [5.41, 5.74) is 0.590. The average molecular weight is 342 g/mol. The number of carbonyl (C=O) groups is 1. The number of sulfonamides is 1. The zero-order chi connectivity index (χ0) is 15.9. The number of hydrogen-bond acceptors (Lipinski definition) is 6. The van der Waals surface area contributed by atoms with E-state index in [-0.39, 0.29) is 15.8 Å². The van der Waals surface area contributed by atoms with Crippen LogP contribution in [0.2, 0.25) is 0 Å². The average Bonchev–Trinajstić information content (AvgIpc) is 3.18. The lowest BCUT2D eigenvalue weighted by atomic mass is 10.1. The van der Waals surface area contributed by atoms with E-state index in [1.54, 1.807) is 13.0 Å². The predicted molar refractivity (Wildman–Crippen MR) is 78.4 cm³/mol. The van der Waals surface area contributed by atoms with Crippen LogP contribution in [0.4, 0.5) is 0 Å². The van der Waals surface area contributed by atoms with Crippen LogP contribution in [-0.2, 0) is 10.0 Å². The first-order chi connectivity index (χ1) is 10.4. The van der Waals surface area contributed by atoms with Gasteiger partial charge >= 0.3 is 5.97 Å². The third-order valence-electron chi connectivity index (χ3n) is 3.58. The van der Waals surface area contributed by atoms with Gasteiger partial charge in [0.05, 0.1) is 10.9 Å². The molecule has 3 rings (SSSR count). The Labute approximate surface area is 131 Å². The van der Waals surface area contributed by atoms with Gasteiger partial charge in [0.15, 0.2) is 0 Å². The van der Waals surface area contributed by atoms with Crippen LogP contribution in [0.1, 0.15) is 40.0 Å². The summed E-state index contributed by atoms with van der Waals surface area (Å²) in [6.07, 6.45) is 1.40. The minimum absolute atomic E-state index is 0.00611. The fraction of sp³-hybridized carbons (Fsp3) is 0.385. The molecule has 9 heteroatoms. The monoisotopic (exact) mass is 342 g/mol. The SMILES string of the molecule is Cc1cc(C2CCCN2S(=O)(=O)c2csc(C(=O)O)c2)no1. The molecule has 3 heterocycles. The van der Waals surface area contributed by atoms with Crippen molar-refractivity contribution in [1.29, 1.82) is 0 Å². The Morgan fingerprint density at radius 3 is 2.86 bits per heavy atom. The summed E-state index contributed by atoms with van der Waals surface area (Å²) in [5, 5.41) is 14.2. The van der Waals surface area contributed by atoms with E-state index in [0.29, 0.717) is 24.4 Å². The molecule has 0 saturated carbocycles. The Morgan fingerprint density at radius 1 is 1.50 bits per heavy atom. The van der Waals surface area contributed by atoms with Crippen molar-refractivity contribution in [1.82, 2.24) is 9.46 Å². The van der Waals surface area contributed by atoms with Crippen LogP contribution in [0.3, 0.4) is 0 Å². The van der Waals surface area contributed by atoms with E-state index in [9.17, 15) is 13.2 Å². The summed E-state index contributed by atoms with van der Waals surface area (Å²) < 4.78 is 31.9. The first kappa shape index (κ1) is 15.2. The lowest BCUT2D eigenvalue weighted by Gasteiger charge is -2.21. The third-order valence-corrected chi connectivity index (χ3v) is 6.54. The Balaban J connectivity index is 1.94. The molecule has 0 spiro atoms. The van der Waals surface area contributed by atoms with E-state index in [0.717, 1.165) is 17.8 Å². The highest BCUT2D eigenvalue weighted by atomic mass is 32.2. The molecule has 7 nitrogen and oxygen atoms in total. The van der Waals surface area contributed by atoms with E-state index in [2.05, 4.69) is 5.16 Å². The van der Waals surface area contributed by atoms with Crippen molar-refractivity contribution in [3.63, 3.8) is 0 Å². The topological polar surface area (TPSA) is 101 Å². The number of aromatic nitrogens is 1. The number of thiophene rings is 1. The lowest BCUT2D eigenvalue weighted by molar-refractivity contribution is 0.0702. The molecule has 1 aliphatic rings. The van der Waals surface area contributed by atoms with Crippen LogP contribution in [0.5, 0.6) is 0 Å². The Kier molecular flexibility index (Phi) is 3.79. The minimum atomic E-state index is -3.74. The first-order valence-electron chi connectivity index (χ1n) is 6.66. The van der Waals surface area contributed by atoms with E-state index in [1.807, 2.05) is 0 Å². The number of carboxylic acids is 1. The van der Waals surface area contributed by atoms with Crippen LogP contribution in [-0.4, -0.2) is 35.5 Å². The molecule has 1 N–H and O–H groups in total. The summed E-state index contributed by atoms with van der Waals surface area (Å²) in [4.78, 5) is 11.0. The van der Waals surface area contributed by atoms with E-state index in [4.69, 9.17) is 9.63 Å². The third kappa shape index (κ3) is 2.55. The van der Waals surface area contributed by atoms with Crippen LogP contribution in [0.25, 0.3) is 0 Å². The lowest BCUT2D eigenvalue weighted by Crippen LogP contribution is -2.30. The maximum absolute atomic E-state index is 12.7. The Bertz CT molecular complexity index is 808. The zero-order valence-electron chi connectivity index (χ0n) is 11.7. The molecule has 1 fully saturated rings. The van der Waals surface area contributed by atoms with E-state index < -0.39 is 16.0 Å². The first-order valence-corrected chi connectivity index (χ1v) is 8.98. The molecule has 0 amide bonds. The highest BCUT2D eigenvalue weighted by Gasteiger charge is 2.38. The number of aryl methyl sites for hydroxylation is 1. The molecular weight excluding hydrogens is 328 g/mol. The van der Waals surface area contributed by atoms with Gasteiger partial charge < -0.3 is 9.63 Å². The molecular formula is C13H14N2O5S2. The van der Waals surface area contributed by atoms with Gasteiger partial charge in [-0.25, -0.2) is 13.2 Å². The summed E-state index contributed by atoms with van der Waals surface area (Å²) in [5.74, 6) is -0.500. The summed E-state index contributed by atoms with van der Waals surface area (Å²) in [7, 11) is -3.74. The predicted octanol–water partition coefficient (Wildman–Crippen LogP) is 2.27. The molecule has 0 bridgehead atoms. The normalized spacial score (nSPS) is 19.6. The number of rotatable bonds is 4. The summed E-state index contributed by atoms with van der Waals surface area (Å²) in [6.45, 7) is 2.14. The Hall–Kier alpha value is -1.71. The standard InChI is InChI=1S/C13H14N2O5S2/c1-8-5-10(14-20-8)11-3-2-4-15(11)22(18,19)9-6-12(13(16)17)21-7-9/h5-7,11H,2-4H2,1H3,(H,16,17). The van der Waals surface area contributed by atoms with Crippen molar-refractivity contribution < 1.29 is 22.8 Å². The molecule has 1 aliphatic heterocycles. The van der Waals surface area contributed by atoms with Crippen molar-refractivity contribution in [3.05, 3.63) is 33.8 Å². The second-order valence-corrected chi connectivity index (χ2v) is 7.89. The largest absolute Gasteiger partial charge is 0.477 e. The van der Waals surface area contributed by atoms with Crippen LogP contribution < -0.4 is 0 Å². The maximum Gasteiger partial charge on any atom is 0.345 e. The molecule has 0 aromatic carbocycles. The zero-order valence-corrected chi connectivity index (χ0v) is 13.4. The van der Waals surface area contributed by atoms with Gasteiger partial charge in [-0.2, -0.15) is 4.31 Å². The van der Waals surface area contributed by atoms with Crippen molar-refractivity contribution in [2.45, 2.75) is 30.7 Å². The van der Waals surface area contributed by atoms with Gasteiger partial charge in [0.2, 0.25) is 10.0 Å². The van der Waals surface area contributed by atoms with Gasteiger partial charge in [0, 0.05) is 18.0 Å². The molecule has 22 heavy (non-hydrogen) atoms. The second kappa shape index (κ2) is 5.49. The maximum atomic E-state index is 12.7. The highest BCUT2D eigenvalue weighted by Crippen LogP contribution is 2.37. The summed E-state index contributed by atoms with van der Waals surface area (Å²) in [6, 6.07) is 2.57. The molecule has 1 unspecified atom stereocenters. The van der Waals surface area contributed by atoms with Gasteiger partial charge in [0.1, 0.15) is 16.3 Å². The fourth-order valence-electron chi connectivity index (χ4n) is 2.57. The molecule has 118 valence electrons. The Morgan fingerprint density at radius 2 is 2.27 bits per heavy atom. The number of carboxylic acid groups (broad SMARTS) is 1. The van der Waals surface area contributed by atoms with Gasteiger partial charge in [-0.05, 0) is 25.8 Å². The summed E-state index contributed by atoms with van der Waals surface area (Å²) >= 11 is 0.905. The van der Waals surface area contributed by atoms with Gasteiger partial charge in [-0.15, -0.1) is 11.3 Å². The van der Waals surface area contributed by atoms with Crippen molar-refractivity contribution in [2.24, 2.45) is 0 Å². The van der Waals surface area contributed by atoms with Crippen molar-refractivity contribution in [2.75, 3.05) is 6.54 Å². The van der Waals surface area contributed by atoms with Crippen molar-refractivity contribution >= 4 is 27.3 Å².